The molecule has 0 aromatic carbocycles. The molecule has 0 spiro atoms. The second-order valence-corrected chi connectivity index (χ2v) is 5.59. The van der Waals surface area contributed by atoms with Crippen LogP contribution >= 0.6 is 0 Å². The molecule has 0 aromatic rings. The Morgan fingerprint density at radius 2 is 1.71 bits per heavy atom. The molecule has 2 rings (SSSR count). The molecule has 0 heterocycles. The van der Waals surface area contributed by atoms with Crippen LogP contribution in [0.4, 0.5) is 0 Å². The lowest BCUT2D eigenvalue weighted by Gasteiger charge is -2.24. The van der Waals surface area contributed by atoms with Gasteiger partial charge in [0, 0.05) is 12.1 Å². The zero-order valence-corrected chi connectivity index (χ0v) is 9.76. The van der Waals surface area contributed by atoms with E-state index in [1.165, 1.54) is 44.9 Å². The summed E-state index contributed by atoms with van der Waals surface area (Å²) in [5.41, 5.74) is 0. The number of nitrogens with one attached hydrogen (secondary N) is 1. The number of hydrogen-bond acceptors (Lipinski definition) is 1. The predicted molar refractivity (Wildman–Crippen MR) is 61.4 cm³/mol. The van der Waals surface area contributed by atoms with E-state index in [0.29, 0.717) is 0 Å². The van der Waals surface area contributed by atoms with Crippen molar-refractivity contribution in [3.63, 3.8) is 0 Å². The first-order valence-electron chi connectivity index (χ1n) is 6.51. The molecule has 2 aliphatic rings. The van der Waals surface area contributed by atoms with Crippen molar-refractivity contribution in [3.05, 3.63) is 0 Å². The molecule has 0 bridgehead atoms. The Bertz CT molecular complexity index is 168. The summed E-state index contributed by atoms with van der Waals surface area (Å²) < 4.78 is 0. The van der Waals surface area contributed by atoms with Crippen LogP contribution in [0.25, 0.3) is 0 Å². The van der Waals surface area contributed by atoms with Gasteiger partial charge in [0.25, 0.3) is 0 Å². The highest BCUT2D eigenvalue weighted by molar-refractivity contribution is 4.85. The lowest BCUT2D eigenvalue weighted by molar-refractivity contribution is 0.319. The summed E-state index contributed by atoms with van der Waals surface area (Å²) in [6.45, 7) is 4.80. The van der Waals surface area contributed by atoms with Crippen LogP contribution in [0.2, 0.25) is 0 Å². The summed E-state index contributed by atoms with van der Waals surface area (Å²) in [4.78, 5) is 0. The summed E-state index contributed by atoms with van der Waals surface area (Å²) >= 11 is 0. The van der Waals surface area contributed by atoms with Crippen molar-refractivity contribution >= 4 is 0 Å². The van der Waals surface area contributed by atoms with Gasteiger partial charge in [-0.05, 0) is 38.0 Å². The van der Waals surface area contributed by atoms with Gasteiger partial charge in [0.05, 0.1) is 0 Å². The molecule has 1 heteroatoms. The van der Waals surface area contributed by atoms with Gasteiger partial charge in [-0.15, -0.1) is 0 Å². The standard InChI is InChI=1S/C13H25N/c1-10(9-12-5-3-4-6-12)11(2)14-13-7-8-13/h10-14H,3-9H2,1-2H3. The first kappa shape index (κ1) is 10.5. The minimum absolute atomic E-state index is 0.739. The third-order valence-corrected chi connectivity index (χ3v) is 4.11. The van der Waals surface area contributed by atoms with Crippen LogP contribution < -0.4 is 5.32 Å². The molecule has 2 aliphatic carbocycles. The van der Waals surface area contributed by atoms with Gasteiger partial charge in [0.2, 0.25) is 0 Å². The Morgan fingerprint density at radius 1 is 1.07 bits per heavy atom. The van der Waals surface area contributed by atoms with Crippen LogP contribution in [-0.2, 0) is 0 Å². The highest BCUT2D eigenvalue weighted by Gasteiger charge is 2.26. The van der Waals surface area contributed by atoms with E-state index >= 15 is 0 Å². The van der Waals surface area contributed by atoms with Crippen LogP contribution in [0.5, 0.6) is 0 Å². The molecule has 14 heavy (non-hydrogen) atoms. The normalized spacial score (nSPS) is 27.9. The second-order valence-electron chi connectivity index (χ2n) is 5.59. The summed E-state index contributed by atoms with van der Waals surface area (Å²) in [6.07, 6.45) is 10.3. The molecular formula is C13H25N. The zero-order valence-electron chi connectivity index (χ0n) is 9.76. The lowest BCUT2D eigenvalue weighted by Crippen LogP contribution is -2.34. The molecule has 82 valence electrons. The average molecular weight is 195 g/mol. The monoisotopic (exact) mass is 195 g/mol. The van der Waals surface area contributed by atoms with Crippen LogP contribution in [0.15, 0.2) is 0 Å². The third-order valence-electron chi connectivity index (χ3n) is 4.11. The van der Waals surface area contributed by atoms with E-state index in [2.05, 4.69) is 19.2 Å². The van der Waals surface area contributed by atoms with E-state index in [-0.39, 0.29) is 0 Å². The van der Waals surface area contributed by atoms with Gasteiger partial charge in [-0.1, -0.05) is 32.6 Å². The Balaban J connectivity index is 1.66. The summed E-state index contributed by atoms with van der Waals surface area (Å²) in [5.74, 6) is 1.92. The van der Waals surface area contributed by atoms with E-state index in [4.69, 9.17) is 0 Å². The van der Waals surface area contributed by atoms with Gasteiger partial charge in [0.1, 0.15) is 0 Å². The zero-order chi connectivity index (χ0) is 9.97. The Kier molecular flexibility index (Phi) is 3.48. The molecule has 0 aromatic heterocycles. The van der Waals surface area contributed by atoms with E-state index in [1.54, 1.807) is 0 Å². The number of rotatable bonds is 5. The van der Waals surface area contributed by atoms with Crippen molar-refractivity contribution in [2.75, 3.05) is 0 Å². The van der Waals surface area contributed by atoms with E-state index in [0.717, 1.165) is 23.9 Å². The van der Waals surface area contributed by atoms with Crippen molar-refractivity contribution < 1.29 is 0 Å². The molecule has 2 atom stereocenters. The van der Waals surface area contributed by atoms with Crippen molar-refractivity contribution in [2.24, 2.45) is 11.8 Å². The molecule has 2 saturated carbocycles. The summed E-state index contributed by atoms with van der Waals surface area (Å²) in [5, 5.41) is 3.73. The summed E-state index contributed by atoms with van der Waals surface area (Å²) in [6, 6.07) is 1.61. The first-order chi connectivity index (χ1) is 6.75. The quantitative estimate of drug-likeness (QED) is 0.709. The molecule has 1 N–H and O–H groups in total. The van der Waals surface area contributed by atoms with Gasteiger partial charge in [-0.25, -0.2) is 0 Å². The second kappa shape index (κ2) is 4.65. The molecule has 0 saturated heterocycles. The Labute approximate surface area is 88.7 Å². The van der Waals surface area contributed by atoms with Crippen LogP contribution in [0.1, 0.15) is 58.8 Å². The Hall–Kier alpha value is -0.0400. The SMILES string of the molecule is CC(CC1CCCC1)C(C)NC1CC1. The minimum atomic E-state index is 0.739. The van der Waals surface area contributed by atoms with Crippen LogP contribution in [0, 0.1) is 11.8 Å². The highest BCUT2D eigenvalue weighted by atomic mass is 15.0. The van der Waals surface area contributed by atoms with E-state index in [9.17, 15) is 0 Å². The largest absolute Gasteiger partial charge is 0.311 e. The summed E-state index contributed by atoms with van der Waals surface area (Å²) in [7, 11) is 0. The van der Waals surface area contributed by atoms with Crippen molar-refractivity contribution in [1.29, 1.82) is 0 Å². The molecule has 2 fully saturated rings. The Morgan fingerprint density at radius 3 is 2.29 bits per heavy atom. The molecular weight excluding hydrogens is 170 g/mol. The molecule has 0 amide bonds. The molecule has 1 nitrogen and oxygen atoms in total. The van der Waals surface area contributed by atoms with Crippen molar-refractivity contribution in [2.45, 2.75) is 70.9 Å². The van der Waals surface area contributed by atoms with Gasteiger partial charge in [-0.2, -0.15) is 0 Å². The van der Waals surface area contributed by atoms with E-state index in [1.807, 2.05) is 0 Å². The van der Waals surface area contributed by atoms with Crippen molar-refractivity contribution in [1.82, 2.24) is 5.32 Å². The fraction of sp³-hybridized carbons (Fsp3) is 1.00. The van der Waals surface area contributed by atoms with Crippen LogP contribution in [0.3, 0.4) is 0 Å². The first-order valence-corrected chi connectivity index (χ1v) is 6.51. The van der Waals surface area contributed by atoms with Gasteiger partial charge in [-0.3, -0.25) is 0 Å². The van der Waals surface area contributed by atoms with Gasteiger partial charge >= 0.3 is 0 Å². The fourth-order valence-electron chi connectivity index (χ4n) is 2.76. The maximum atomic E-state index is 3.73. The predicted octanol–water partition coefficient (Wildman–Crippen LogP) is 3.34. The maximum Gasteiger partial charge on any atom is 0.00708 e. The van der Waals surface area contributed by atoms with Gasteiger partial charge < -0.3 is 5.32 Å². The third kappa shape index (κ3) is 2.98. The van der Waals surface area contributed by atoms with Crippen LogP contribution in [-0.4, -0.2) is 12.1 Å². The fourth-order valence-corrected chi connectivity index (χ4v) is 2.76. The van der Waals surface area contributed by atoms with E-state index < -0.39 is 0 Å². The maximum absolute atomic E-state index is 3.73. The highest BCUT2D eigenvalue weighted by Crippen LogP contribution is 2.31. The number of hydrogen-bond donors (Lipinski definition) is 1. The minimum Gasteiger partial charge on any atom is -0.311 e. The van der Waals surface area contributed by atoms with Crippen molar-refractivity contribution in [3.8, 4) is 0 Å². The smallest absolute Gasteiger partial charge is 0.00708 e. The average Bonchev–Trinajstić information content (AvgIpc) is 2.81. The van der Waals surface area contributed by atoms with Gasteiger partial charge in [0.15, 0.2) is 0 Å². The molecule has 2 unspecified atom stereocenters. The molecule has 0 radical (unpaired) electrons. The molecule has 0 aliphatic heterocycles. The lowest BCUT2D eigenvalue weighted by atomic mass is 9.90. The topological polar surface area (TPSA) is 12.0 Å².